The van der Waals surface area contributed by atoms with Crippen molar-refractivity contribution in [3.63, 3.8) is 0 Å². The van der Waals surface area contributed by atoms with Gasteiger partial charge in [-0.1, -0.05) is 45.9 Å². The van der Waals surface area contributed by atoms with E-state index in [1.54, 1.807) is 0 Å². The average Bonchev–Trinajstić information content (AvgIpc) is 2.74. The summed E-state index contributed by atoms with van der Waals surface area (Å²) >= 11 is 0. The highest BCUT2D eigenvalue weighted by atomic mass is 33.1. The van der Waals surface area contributed by atoms with Crippen LogP contribution in [-0.4, -0.2) is 55.6 Å². The van der Waals surface area contributed by atoms with E-state index in [0.717, 1.165) is 21.6 Å². The summed E-state index contributed by atoms with van der Waals surface area (Å²) in [6, 6.07) is 8.92. The summed E-state index contributed by atoms with van der Waals surface area (Å²) in [6.45, 7) is 0. The summed E-state index contributed by atoms with van der Waals surface area (Å²) in [5.74, 6) is -2.51. The van der Waals surface area contributed by atoms with E-state index in [9.17, 15) is 40.0 Å². The fourth-order valence-corrected chi connectivity index (χ4v) is 4.78. The Labute approximate surface area is 189 Å². The number of rotatable bonds is 13. The van der Waals surface area contributed by atoms with Crippen molar-refractivity contribution in [2.45, 2.75) is 12.1 Å². The number of anilines is 2. The second-order valence-corrected chi connectivity index (χ2v) is 8.74. The number of nitrogens with zero attached hydrogens (tertiary/aromatic N) is 2. The molecule has 2 rings (SSSR count). The number of nitro benzene ring substituents is 2. The van der Waals surface area contributed by atoms with Crippen LogP contribution in [0.2, 0.25) is 0 Å². The molecule has 0 spiro atoms. The van der Waals surface area contributed by atoms with Gasteiger partial charge in [0.1, 0.15) is 23.5 Å². The Kier molecular flexibility index (Phi) is 9.09. The maximum atomic E-state index is 11.5. The predicted octanol–water partition coefficient (Wildman–Crippen LogP) is 3.31. The minimum atomic E-state index is -1.23. The molecule has 0 amide bonds. The van der Waals surface area contributed by atoms with Gasteiger partial charge >= 0.3 is 11.9 Å². The van der Waals surface area contributed by atoms with Crippen LogP contribution < -0.4 is 10.6 Å². The van der Waals surface area contributed by atoms with Crippen molar-refractivity contribution >= 4 is 56.3 Å². The number of nitrogens with one attached hydrogen (secondary N) is 2. The Hall–Kier alpha value is -3.52. The smallest absolute Gasteiger partial charge is 0.327 e. The summed E-state index contributed by atoms with van der Waals surface area (Å²) in [5.41, 5.74) is -0.430. The molecular weight excluding hydrogens is 464 g/mol. The van der Waals surface area contributed by atoms with E-state index in [1.807, 2.05) is 0 Å². The fourth-order valence-electron chi connectivity index (χ4n) is 2.47. The highest BCUT2D eigenvalue weighted by Gasteiger charge is 2.24. The zero-order valence-electron chi connectivity index (χ0n) is 16.2. The van der Waals surface area contributed by atoms with Gasteiger partial charge in [0, 0.05) is 23.6 Å². The van der Waals surface area contributed by atoms with Gasteiger partial charge < -0.3 is 20.8 Å². The standard InChI is InChI=1S/C18H18N4O8S2/c23-17(24)13(19-11-5-1-3-7-15(11)21(27)28)9-31-32-10-14(18(25)26)20-12-6-2-4-8-16(12)22(29)30/h1-8,13-14,19-20H,9-10H2,(H,23,24)(H,25,26)/t13-,14-/m0/s1. The Morgan fingerprint density at radius 3 is 1.44 bits per heavy atom. The molecule has 2 atom stereocenters. The molecule has 0 saturated carbocycles. The lowest BCUT2D eigenvalue weighted by molar-refractivity contribution is -0.384. The van der Waals surface area contributed by atoms with Crippen molar-refractivity contribution in [3.05, 3.63) is 68.8 Å². The summed E-state index contributed by atoms with van der Waals surface area (Å²) < 4.78 is 0. The number of hydrogen-bond donors (Lipinski definition) is 4. The van der Waals surface area contributed by atoms with E-state index in [0.29, 0.717) is 0 Å². The second-order valence-electron chi connectivity index (χ2n) is 6.19. The van der Waals surface area contributed by atoms with E-state index in [1.165, 1.54) is 48.5 Å². The van der Waals surface area contributed by atoms with Crippen LogP contribution in [0.1, 0.15) is 0 Å². The summed E-state index contributed by atoms with van der Waals surface area (Å²) in [4.78, 5) is 44.0. The summed E-state index contributed by atoms with van der Waals surface area (Å²) in [5, 5.41) is 46.2. The number of aliphatic carboxylic acids is 2. The Balaban J connectivity index is 1.96. The number of carboxylic acids is 2. The lowest BCUT2D eigenvalue weighted by atomic mass is 10.2. The predicted molar refractivity (Wildman–Crippen MR) is 121 cm³/mol. The van der Waals surface area contributed by atoms with E-state index in [2.05, 4.69) is 10.6 Å². The van der Waals surface area contributed by atoms with Crippen LogP contribution in [-0.2, 0) is 9.59 Å². The normalized spacial score (nSPS) is 12.4. The molecule has 0 unspecified atom stereocenters. The van der Waals surface area contributed by atoms with Crippen LogP contribution in [0.25, 0.3) is 0 Å². The quantitative estimate of drug-likeness (QED) is 0.141. The number of benzene rings is 2. The molecule has 0 aromatic heterocycles. The van der Waals surface area contributed by atoms with Crippen molar-refractivity contribution in [2.24, 2.45) is 0 Å². The molecular formula is C18H18N4O8S2. The molecule has 2 aromatic rings. The lowest BCUT2D eigenvalue weighted by Gasteiger charge is -2.17. The first-order valence-corrected chi connectivity index (χ1v) is 11.4. The van der Waals surface area contributed by atoms with Gasteiger partial charge in [-0.3, -0.25) is 20.2 Å². The third kappa shape index (κ3) is 7.02. The van der Waals surface area contributed by atoms with Crippen LogP contribution in [0.5, 0.6) is 0 Å². The maximum Gasteiger partial charge on any atom is 0.327 e. The highest BCUT2D eigenvalue weighted by Crippen LogP contribution is 2.29. The molecule has 0 aliphatic rings. The first-order valence-electron chi connectivity index (χ1n) is 8.90. The maximum absolute atomic E-state index is 11.5. The van der Waals surface area contributed by atoms with Crippen molar-refractivity contribution < 1.29 is 29.6 Å². The summed E-state index contributed by atoms with van der Waals surface area (Å²) in [6.07, 6.45) is 0. The summed E-state index contributed by atoms with van der Waals surface area (Å²) in [7, 11) is 2.11. The van der Waals surface area contributed by atoms with Crippen LogP contribution in [0.4, 0.5) is 22.7 Å². The molecule has 0 fully saturated rings. The molecule has 32 heavy (non-hydrogen) atoms. The van der Waals surface area contributed by atoms with Gasteiger partial charge in [-0.05, 0) is 12.1 Å². The fraction of sp³-hybridized carbons (Fsp3) is 0.222. The molecule has 0 aliphatic heterocycles. The zero-order chi connectivity index (χ0) is 23.7. The van der Waals surface area contributed by atoms with Gasteiger partial charge in [0.25, 0.3) is 11.4 Å². The van der Waals surface area contributed by atoms with Gasteiger partial charge in [0.2, 0.25) is 0 Å². The molecule has 0 radical (unpaired) electrons. The van der Waals surface area contributed by atoms with E-state index in [-0.39, 0.29) is 34.3 Å². The molecule has 4 N–H and O–H groups in total. The Morgan fingerprint density at radius 1 is 0.781 bits per heavy atom. The SMILES string of the molecule is O=C(O)[C@H](CSSC[C@H](Nc1ccccc1[N+](=O)[O-])C(=O)O)Nc1ccccc1[N+](=O)[O-]. The van der Waals surface area contributed by atoms with Crippen molar-refractivity contribution in [1.29, 1.82) is 0 Å². The minimum absolute atomic E-state index is 0.0239. The van der Waals surface area contributed by atoms with Crippen molar-refractivity contribution in [2.75, 3.05) is 22.1 Å². The number of nitro groups is 2. The van der Waals surface area contributed by atoms with E-state index in [4.69, 9.17) is 0 Å². The lowest BCUT2D eigenvalue weighted by Crippen LogP contribution is -2.33. The topological polar surface area (TPSA) is 185 Å². The monoisotopic (exact) mass is 482 g/mol. The van der Waals surface area contributed by atoms with Crippen LogP contribution in [0.3, 0.4) is 0 Å². The zero-order valence-corrected chi connectivity index (χ0v) is 17.9. The molecule has 170 valence electrons. The van der Waals surface area contributed by atoms with Gasteiger partial charge in [0.05, 0.1) is 9.85 Å². The molecule has 14 heteroatoms. The second kappa shape index (κ2) is 11.8. The largest absolute Gasteiger partial charge is 0.480 e. The van der Waals surface area contributed by atoms with Gasteiger partial charge in [-0.2, -0.15) is 0 Å². The molecule has 0 heterocycles. The number of hydrogen-bond acceptors (Lipinski definition) is 10. The Bertz CT molecular complexity index is 927. The van der Waals surface area contributed by atoms with Crippen molar-refractivity contribution in [3.8, 4) is 0 Å². The van der Waals surface area contributed by atoms with Gasteiger partial charge in [-0.25, -0.2) is 9.59 Å². The molecule has 0 saturated heterocycles. The van der Waals surface area contributed by atoms with Crippen LogP contribution >= 0.6 is 21.6 Å². The Morgan fingerprint density at radius 2 is 1.12 bits per heavy atom. The van der Waals surface area contributed by atoms with E-state index >= 15 is 0 Å². The number of carbonyl (C=O) groups is 2. The first-order chi connectivity index (χ1) is 15.2. The third-order valence-electron chi connectivity index (χ3n) is 4.01. The van der Waals surface area contributed by atoms with Crippen molar-refractivity contribution in [1.82, 2.24) is 0 Å². The number of carboxylic acid groups (broad SMARTS) is 2. The van der Waals surface area contributed by atoms with Crippen LogP contribution in [0, 0.1) is 20.2 Å². The van der Waals surface area contributed by atoms with Crippen LogP contribution in [0.15, 0.2) is 48.5 Å². The third-order valence-corrected chi connectivity index (χ3v) is 6.43. The molecule has 12 nitrogen and oxygen atoms in total. The molecule has 2 aromatic carbocycles. The van der Waals surface area contributed by atoms with Gasteiger partial charge in [-0.15, -0.1) is 0 Å². The van der Waals surface area contributed by atoms with Gasteiger partial charge in [0.15, 0.2) is 0 Å². The average molecular weight is 482 g/mol. The first kappa shape index (κ1) is 24.7. The molecule has 0 aliphatic carbocycles. The minimum Gasteiger partial charge on any atom is -0.480 e. The van der Waals surface area contributed by atoms with E-state index < -0.39 is 33.9 Å². The number of para-hydroxylation sites is 4. The highest BCUT2D eigenvalue weighted by molar-refractivity contribution is 8.76. The molecule has 0 bridgehead atoms.